The van der Waals surface area contributed by atoms with Gasteiger partial charge < -0.3 is 48.8 Å². The van der Waals surface area contributed by atoms with Crippen molar-refractivity contribution in [1.82, 2.24) is 0 Å². The molecule has 0 aromatic rings. The van der Waals surface area contributed by atoms with Crippen molar-refractivity contribution in [1.29, 1.82) is 0 Å². The number of hydrogen-bond acceptors (Lipinski definition) is 10. The van der Waals surface area contributed by atoms with E-state index in [4.69, 9.17) is 28.4 Å². The number of rotatable bonds is 10. The molecule has 0 saturated carbocycles. The van der Waals surface area contributed by atoms with Crippen molar-refractivity contribution >= 4 is 5.97 Å². The Bertz CT molecular complexity index is 1110. The van der Waals surface area contributed by atoms with Gasteiger partial charge in [-0.1, -0.05) is 41.5 Å². The van der Waals surface area contributed by atoms with Crippen molar-refractivity contribution in [2.45, 2.75) is 172 Å². The SMILES string of the molecule is CC[C@@]1([C@@H]2O[C@@H]([C@H]3O[C@@](O)(CO)[C@H](C)C[C@@H]3C)C[C@@H]2C)CC[C@H]([C@]2(C)CC[C@@]3(C[C@H](O)[C@@H](C)[C@@H]([C@@H](C)[C@H](OC)[C@@H](C)C(=O)O)O3)O2)O1. The minimum Gasteiger partial charge on any atom is -0.481 e. The third-order valence-corrected chi connectivity index (χ3v) is 13.0. The molecule has 17 atom stereocenters. The highest BCUT2D eigenvalue weighted by molar-refractivity contribution is 5.70. The van der Waals surface area contributed by atoms with Crippen LogP contribution in [0.3, 0.4) is 0 Å². The van der Waals surface area contributed by atoms with E-state index in [2.05, 4.69) is 27.7 Å². The average Bonchev–Trinajstić information content (AvgIpc) is 3.73. The molecule has 5 saturated heterocycles. The number of hydrogen-bond donors (Lipinski definition) is 4. The number of aliphatic hydroxyl groups excluding tert-OH is 2. The van der Waals surface area contributed by atoms with Gasteiger partial charge in [-0.2, -0.15) is 0 Å². The standard InChI is InChI=1S/C36H62O11/c1-10-34(31-20(3)16-26(43-31)28-19(2)15-21(4)36(41,18-37)46-28)12-11-27(44-34)33(8)13-14-35(47-33)17-25(38)22(5)30(45-35)23(6)29(42-9)24(7)32(39)40/h19-31,37-38,41H,10-18H2,1-9H3,(H,39,40)/t19-,20-,21+,22+,23-,24+,25-,26+,27+,28-,29-,30-,31+,33-,34-,35-,36-/m0/s1. The van der Waals surface area contributed by atoms with E-state index in [1.807, 2.05) is 20.8 Å². The molecule has 0 aromatic carbocycles. The third-order valence-electron chi connectivity index (χ3n) is 13.0. The Labute approximate surface area is 281 Å². The lowest BCUT2D eigenvalue weighted by Gasteiger charge is -2.49. The number of carboxylic acids is 1. The summed E-state index contributed by atoms with van der Waals surface area (Å²) in [4.78, 5) is 11.8. The van der Waals surface area contributed by atoms with E-state index in [1.165, 1.54) is 7.11 Å². The van der Waals surface area contributed by atoms with Gasteiger partial charge in [-0.05, 0) is 64.2 Å². The first-order valence-corrected chi connectivity index (χ1v) is 18.1. The molecule has 0 aromatic heterocycles. The highest BCUT2D eigenvalue weighted by atomic mass is 16.7. The Balaban J connectivity index is 1.29. The molecule has 5 fully saturated rings. The van der Waals surface area contributed by atoms with Gasteiger partial charge in [-0.3, -0.25) is 4.79 Å². The highest BCUT2D eigenvalue weighted by Crippen LogP contribution is 2.55. The molecule has 4 N–H and O–H groups in total. The molecule has 0 amide bonds. The molecular formula is C36H62O11. The van der Waals surface area contributed by atoms with Gasteiger partial charge >= 0.3 is 5.97 Å². The molecule has 47 heavy (non-hydrogen) atoms. The van der Waals surface area contributed by atoms with Gasteiger partial charge in [0.15, 0.2) is 11.6 Å². The van der Waals surface area contributed by atoms with Crippen molar-refractivity contribution in [2.75, 3.05) is 13.7 Å². The van der Waals surface area contributed by atoms with Crippen LogP contribution < -0.4 is 0 Å². The number of aliphatic carboxylic acids is 1. The van der Waals surface area contributed by atoms with Gasteiger partial charge in [0.1, 0.15) is 0 Å². The molecule has 11 nitrogen and oxygen atoms in total. The largest absolute Gasteiger partial charge is 0.481 e. The van der Waals surface area contributed by atoms with Crippen LogP contribution in [-0.4, -0.2) is 106 Å². The number of methoxy groups -OCH3 is 1. The Morgan fingerprint density at radius 1 is 1.02 bits per heavy atom. The Hall–Kier alpha value is -0.890. The van der Waals surface area contributed by atoms with E-state index in [1.54, 1.807) is 6.92 Å². The summed E-state index contributed by atoms with van der Waals surface area (Å²) in [5.74, 6) is -4.52. The lowest BCUT2D eigenvalue weighted by molar-refractivity contribution is -0.336. The molecule has 5 aliphatic heterocycles. The fourth-order valence-corrected chi connectivity index (χ4v) is 9.91. The van der Waals surface area contributed by atoms with Gasteiger partial charge in [0.25, 0.3) is 0 Å². The van der Waals surface area contributed by atoms with Crippen LogP contribution in [-0.2, 0) is 33.2 Å². The zero-order valence-corrected chi connectivity index (χ0v) is 30.0. The predicted octanol–water partition coefficient (Wildman–Crippen LogP) is 4.27. The predicted molar refractivity (Wildman–Crippen MR) is 172 cm³/mol. The monoisotopic (exact) mass is 670 g/mol. The van der Waals surface area contributed by atoms with Gasteiger partial charge in [0, 0.05) is 37.7 Å². The number of ether oxygens (including phenoxy) is 6. The molecule has 5 rings (SSSR count). The fourth-order valence-electron chi connectivity index (χ4n) is 9.91. The second-order valence-corrected chi connectivity index (χ2v) is 16.3. The highest BCUT2D eigenvalue weighted by Gasteiger charge is 2.62. The smallest absolute Gasteiger partial charge is 0.308 e. The first kappa shape index (κ1) is 37.4. The summed E-state index contributed by atoms with van der Waals surface area (Å²) in [5, 5.41) is 41.8. The maximum atomic E-state index is 11.8. The lowest BCUT2D eigenvalue weighted by Crippen LogP contribution is -2.57. The van der Waals surface area contributed by atoms with Crippen LogP contribution in [0.5, 0.6) is 0 Å². The first-order chi connectivity index (χ1) is 22.0. The lowest BCUT2D eigenvalue weighted by atomic mass is 9.78. The van der Waals surface area contributed by atoms with Crippen molar-refractivity contribution in [3.8, 4) is 0 Å². The van der Waals surface area contributed by atoms with E-state index in [-0.39, 0.29) is 54.0 Å². The minimum atomic E-state index is -1.56. The Morgan fingerprint density at radius 3 is 2.34 bits per heavy atom. The molecule has 0 aliphatic carbocycles. The molecule has 272 valence electrons. The van der Waals surface area contributed by atoms with Crippen LogP contribution in [0, 0.1) is 35.5 Å². The maximum Gasteiger partial charge on any atom is 0.308 e. The molecule has 0 bridgehead atoms. The van der Waals surface area contributed by atoms with Crippen molar-refractivity contribution in [3.63, 3.8) is 0 Å². The first-order valence-electron chi connectivity index (χ1n) is 18.1. The molecule has 5 aliphatic rings. The van der Waals surface area contributed by atoms with Crippen molar-refractivity contribution < 1.29 is 53.6 Å². The second kappa shape index (κ2) is 13.7. The van der Waals surface area contributed by atoms with E-state index in [0.29, 0.717) is 19.3 Å². The quantitative estimate of drug-likeness (QED) is 0.264. The van der Waals surface area contributed by atoms with Gasteiger partial charge in [0.2, 0.25) is 0 Å². The number of aliphatic hydroxyl groups is 3. The van der Waals surface area contributed by atoms with Crippen LogP contribution in [0.2, 0.25) is 0 Å². The summed E-state index contributed by atoms with van der Waals surface area (Å²) in [7, 11) is 1.52. The summed E-state index contributed by atoms with van der Waals surface area (Å²) in [6.07, 6.45) is 2.99. The topological polar surface area (TPSA) is 153 Å². The fraction of sp³-hybridized carbons (Fsp3) is 0.972. The molecule has 0 unspecified atom stereocenters. The van der Waals surface area contributed by atoms with Crippen LogP contribution >= 0.6 is 0 Å². The summed E-state index contributed by atoms with van der Waals surface area (Å²) in [6, 6.07) is 0. The van der Waals surface area contributed by atoms with Crippen LogP contribution in [0.4, 0.5) is 0 Å². The average molecular weight is 671 g/mol. The minimum absolute atomic E-state index is 0.153. The normalized spacial score (nSPS) is 50.9. The van der Waals surface area contributed by atoms with E-state index < -0.39 is 59.6 Å². The molecule has 1 spiro atoms. The van der Waals surface area contributed by atoms with E-state index in [9.17, 15) is 25.2 Å². The maximum absolute atomic E-state index is 11.8. The van der Waals surface area contributed by atoms with Crippen LogP contribution in [0.25, 0.3) is 0 Å². The Morgan fingerprint density at radius 2 is 1.72 bits per heavy atom. The zero-order valence-electron chi connectivity index (χ0n) is 30.0. The summed E-state index contributed by atoms with van der Waals surface area (Å²) < 4.78 is 39.4. The summed E-state index contributed by atoms with van der Waals surface area (Å²) in [5.41, 5.74) is -1.15. The summed E-state index contributed by atoms with van der Waals surface area (Å²) >= 11 is 0. The third kappa shape index (κ3) is 6.67. The summed E-state index contributed by atoms with van der Waals surface area (Å²) in [6.45, 7) is 15.6. The van der Waals surface area contributed by atoms with Crippen LogP contribution in [0.15, 0.2) is 0 Å². The molecule has 0 radical (unpaired) electrons. The van der Waals surface area contributed by atoms with E-state index >= 15 is 0 Å². The van der Waals surface area contributed by atoms with Crippen LogP contribution in [0.1, 0.15) is 107 Å². The van der Waals surface area contributed by atoms with E-state index in [0.717, 1.165) is 32.1 Å². The van der Waals surface area contributed by atoms with Gasteiger partial charge in [-0.15, -0.1) is 0 Å². The Kier molecular flexibility index (Phi) is 10.9. The van der Waals surface area contributed by atoms with Gasteiger partial charge in [0.05, 0.1) is 66.5 Å². The molecule has 11 heteroatoms. The van der Waals surface area contributed by atoms with Gasteiger partial charge in [-0.25, -0.2) is 0 Å². The molecular weight excluding hydrogens is 608 g/mol. The van der Waals surface area contributed by atoms with Crippen molar-refractivity contribution in [3.05, 3.63) is 0 Å². The number of carboxylic acid groups (broad SMARTS) is 1. The number of carbonyl (C=O) groups is 1. The van der Waals surface area contributed by atoms with Crippen molar-refractivity contribution in [2.24, 2.45) is 35.5 Å². The zero-order chi connectivity index (χ0) is 34.7. The second-order valence-electron chi connectivity index (χ2n) is 16.3. The molecule has 5 heterocycles.